The van der Waals surface area contributed by atoms with Gasteiger partial charge in [-0.3, -0.25) is 4.79 Å². The number of ether oxygens (including phenoxy) is 1. The lowest BCUT2D eigenvalue weighted by atomic mass is 9.96. The third-order valence-corrected chi connectivity index (χ3v) is 2.58. The molecule has 0 heterocycles. The minimum atomic E-state index is -1.44. The molecule has 0 spiro atoms. The zero-order chi connectivity index (χ0) is 14.6. The van der Waals surface area contributed by atoms with E-state index in [-0.39, 0.29) is 11.1 Å². The summed E-state index contributed by atoms with van der Waals surface area (Å²) in [6, 6.07) is 4.17. The highest BCUT2D eigenvalue weighted by molar-refractivity contribution is 5.92. The van der Waals surface area contributed by atoms with E-state index in [0.29, 0.717) is 5.69 Å². The summed E-state index contributed by atoms with van der Waals surface area (Å²) < 4.78 is 4.56. The van der Waals surface area contributed by atoms with Crippen molar-refractivity contribution >= 4 is 17.6 Å². The molecule has 19 heavy (non-hydrogen) atoms. The summed E-state index contributed by atoms with van der Waals surface area (Å²) in [5.41, 5.74) is 10.9. The number of carbonyl (C=O) groups excluding carboxylic acids is 2. The van der Waals surface area contributed by atoms with Crippen LogP contribution in [0.2, 0.25) is 0 Å². The number of aliphatic hydroxyl groups excluding tert-OH is 2. The molecule has 0 fully saturated rings. The molecule has 0 radical (unpaired) electrons. The van der Waals surface area contributed by atoms with Crippen LogP contribution in [0, 0.1) is 0 Å². The van der Waals surface area contributed by atoms with Crippen molar-refractivity contribution in [3.8, 4) is 0 Å². The first-order valence-electron chi connectivity index (χ1n) is 5.49. The van der Waals surface area contributed by atoms with Crippen LogP contribution < -0.4 is 11.5 Å². The molecule has 1 amide bonds. The Morgan fingerprint density at radius 2 is 2.00 bits per heavy atom. The SMILES string of the molecule is COC(=O)c1cc(N)ccc1C(O)C(O)CC(N)=O. The molecule has 7 nitrogen and oxygen atoms in total. The maximum atomic E-state index is 11.6. The molecule has 104 valence electrons. The lowest BCUT2D eigenvalue weighted by Gasteiger charge is -2.19. The number of nitrogens with two attached hydrogens (primary N) is 2. The summed E-state index contributed by atoms with van der Waals surface area (Å²) in [5, 5.41) is 19.6. The largest absolute Gasteiger partial charge is 0.465 e. The molecule has 0 saturated carbocycles. The van der Waals surface area contributed by atoms with Crippen molar-refractivity contribution in [2.24, 2.45) is 5.73 Å². The first-order chi connectivity index (χ1) is 8.86. The highest BCUT2D eigenvalue weighted by Crippen LogP contribution is 2.25. The van der Waals surface area contributed by atoms with Gasteiger partial charge in [0.25, 0.3) is 0 Å². The van der Waals surface area contributed by atoms with Gasteiger partial charge in [0.2, 0.25) is 5.91 Å². The first-order valence-corrected chi connectivity index (χ1v) is 5.49. The number of aliphatic hydroxyl groups is 2. The molecule has 6 N–H and O–H groups in total. The monoisotopic (exact) mass is 268 g/mol. The molecule has 0 saturated heterocycles. The summed E-state index contributed by atoms with van der Waals surface area (Å²) in [7, 11) is 1.18. The minimum absolute atomic E-state index is 0.0264. The van der Waals surface area contributed by atoms with Crippen LogP contribution in [0.1, 0.15) is 28.4 Å². The summed E-state index contributed by atoms with van der Waals surface area (Å²) in [5.74, 6) is -1.46. The molecule has 1 aromatic carbocycles. The number of amides is 1. The number of nitrogen functional groups attached to an aromatic ring is 1. The Bertz CT molecular complexity index is 489. The summed E-state index contributed by atoms with van der Waals surface area (Å²) in [4.78, 5) is 22.3. The van der Waals surface area contributed by atoms with Crippen LogP contribution in [-0.2, 0) is 9.53 Å². The summed E-state index contributed by atoms with van der Waals surface area (Å²) >= 11 is 0. The summed E-state index contributed by atoms with van der Waals surface area (Å²) in [6.07, 6.45) is -3.28. The van der Waals surface area contributed by atoms with Crippen LogP contribution in [-0.4, -0.2) is 35.3 Å². The number of primary amides is 1. The average molecular weight is 268 g/mol. The average Bonchev–Trinajstić information content (AvgIpc) is 2.36. The van der Waals surface area contributed by atoms with Gasteiger partial charge >= 0.3 is 5.97 Å². The fourth-order valence-electron chi connectivity index (χ4n) is 1.64. The number of anilines is 1. The lowest BCUT2D eigenvalue weighted by molar-refractivity contribution is -0.121. The van der Waals surface area contributed by atoms with Crippen LogP contribution in [0.4, 0.5) is 5.69 Å². The predicted octanol–water partition coefficient (Wildman–Crippen LogP) is -0.675. The van der Waals surface area contributed by atoms with Gasteiger partial charge in [0.1, 0.15) is 6.10 Å². The Labute approximate surface area is 109 Å². The molecule has 0 aliphatic heterocycles. The van der Waals surface area contributed by atoms with E-state index < -0.39 is 30.5 Å². The number of carbonyl (C=O) groups is 2. The van der Waals surface area contributed by atoms with Crippen molar-refractivity contribution in [3.63, 3.8) is 0 Å². The van der Waals surface area contributed by atoms with Crippen molar-refractivity contribution < 1.29 is 24.5 Å². The van der Waals surface area contributed by atoms with Gasteiger partial charge in [0.05, 0.1) is 25.2 Å². The van der Waals surface area contributed by atoms with E-state index in [1.54, 1.807) is 0 Å². The fraction of sp³-hybridized carbons (Fsp3) is 0.333. The van der Waals surface area contributed by atoms with Crippen LogP contribution in [0.5, 0.6) is 0 Å². The Morgan fingerprint density at radius 3 is 2.53 bits per heavy atom. The molecule has 0 aliphatic rings. The van der Waals surface area contributed by atoms with E-state index in [1.807, 2.05) is 0 Å². The second-order valence-corrected chi connectivity index (χ2v) is 4.02. The third kappa shape index (κ3) is 3.67. The van der Waals surface area contributed by atoms with Gasteiger partial charge in [0.15, 0.2) is 0 Å². The van der Waals surface area contributed by atoms with Crippen molar-refractivity contribution in [2.45, 2.75) is 18.6 Å². The standard InChI is InChI=1S/C12H16N2O5/c1-19-12(18)8-4-6(13)2-3-7(8)11(17)9(15)5-10(14)16/h2-4,9,11,15,17H,5,13H2,1H3,(H2,14,16). The number of hydrogen-bond donors (Lipinski definition) is 4. The molecule has 1 aromatic rings. The van der Waals surface area contributed by atoms with Gasteiger partial charge in [-0.1, -0.05) is 6.07 Å². The number of benzene rings is 1. The Kier molecular flexibility index (Phi) is 4.85. The molecule has 0 aromatic heterocycles. The summed E-state index contributed by atoms with van der Waals surface area (Å²) in [6.45, 7) is 0. The molecular weight excluding hydrogens is 252 g/mol. The zero-order valence-electron chi connectivity index (χ0n) is 10.4. The van der Waals surface area contributed by atoms with Crippen molar-refractivity contribution in [2.75, 3.05) is 12.8 Å². The number of esters is 1. The van der Waals surface area contributed by atoms with E-state index in [2.05, 4.69) is 4.74 Å². The highest BCUT2D eigenvalue weighted by atomic mass is 16.5. The van der Waals surface area contributed by atoms with Gasteiger partial charge in [0, 0.05) is 5.69 Å². The lowest BCUT2D eigenvalue weighted by Crippen LogP contribution is -2.27. The van der Waals surface area contributed by atoms with Gasteiger partial charge in [-0.05, 0) is 17.7 Å². The molecular formula is C12H16N2O5. The van der Waals surface area contributed by atoms with E-state index in [4.69, 9.17) is 11.5 Å². The minimum Gasteiger partial charge on any atom is -0.465 e. The second kappa shape index (κ2) is 6.17. The molecule has 1 rings (SSSR count). The molecule has 2 atom stereocenters. The first kappa shape index (κ1) is 14.9. The van der Waals surface area contributed by atoms with Crippen LogP contribution in [0.25, 0.3) is 0 Å². The molecule has 2 unspecified atom stereocenters. The Hall–Kier alpha value is -2.12. The number of methoxy groups -OCH3 is 1. The number of hydrogen-bond acceptors (Lipinski definition) is 6. The van der Waals surface area contributed by atoms with E-state index in [1.165, 1.54) is 25.3 Å². The van der Waals surface area contributed by atoms with Crippen LogP contribution in [0.15, 0.2) is 18.2 Å². The predicted molar refractivity (Wildman–Crippen MR) is 67.0 cm³/mol. The van der Waals surface area contributed by atoms with Crippen molar-refractivity contribution in [3.05, 3.63) is 29.3 Å². The smallest absolute Gasteiger partial charge is 0.338 e. The topological polar surface area (TPSA) is 136 Å². The van der Waals surface area contributed by atoms with Gasteiger partial charge in [-0.25, -0.2) is 4.79 Å². The van der Waals surface area contributed by atoms with Crippen LogP contribution >= 0.6 is 0 Å². The molecule has 0 bridgehead atoms. The maximum absolute atomic E-state index is 11.6. The maximum Gasteiger partial charge on any atom is 0.338 e. The molecule has 7 heteroatoms. The van der Waals surface area contributed by atoms with E-state index >= 15 is 0 Å². The van der Waals surface area contributed by atoms with Gasteiger partial charge in [-0.2, -0.15) is 0 Å². The third-order valence-electron chi connectivity index (χ3n) is 2.58. The fourth-order valence-corrected chi connectivity index (χ4v) is 1.64. The van der Waals surface area contributed by atoms with Crippen molar-refractivity contribution in [1.29, 1.82) is 0 Å². The van der Waals surface area contributed by atoms with Gasteiger partial charge < -0.3 is 26.4 Å². The zero-order valence-corrected chi connectivity index (χ0v) is 10.4. The number of rotatable bonds is 5. The quantitative estimate of drug-likeness (QED) is 0.413. The normalized spacial score (nSPS) is 13.6. The Balaban J connectivity index is 3.11. The van der Waals surface area contributed by atoms with Gasteiger partial charge in [-0.15, -0.1) is 0 Å². The van der Waals surface area contributed by atoms with E-state index in [0.717, 1.165) is 0 Å². The van der Waals surface area contributed by atoms with Crippen molar-refractivity contribution in [1.82, 2.24) is 0 Å². The Morgan fingerprint density at radius 1 is 1.37 bits per heavy atom. The van der Waals surface area contributed by atoms with Crippen LogP contribution in [0.3, 0.4) is 0 Å². The highest BCUT2D eigenvalue weighted by Gasteiger charge is 2.25. The second-order valence-electron chi connectivity index (χ2n) is 4.02. The molecule has 0 aliphatic carbocycles. The van der Waals surface area contributed by atoms with E-state index in [9.17, 15) is 19.8 Å².